The van der Waals surface area contributed by atoms with Crippen molar-refractivity contribution in [2.45, 2.75) is 19.8 Å². The van der Waals surface area contributed by atoms with Crippen LogP contribution in [0.1, 0.15) is 40.5 Å². The summed E-state index contributed by atoms with van der Waals surface area (Å²) in [5.41, 5.74) is 1.18. The van der Waals surface area contributed by atoms with Crippen LogP contribution in [0, 0.1) is 0 Å². The first-order valence-electron chi connectivity index (χ1n) is 5.11. The van der Waals surface area contributed by atoms with E-state index in [2.05, 4.69) is 12.2 Å². The fourth-order valence-corrected chi connectivity index (χ4v) is 1.19. The van der Waals surface area contributed by atoms with Crippen LogP contribution in [-0.4, -0.2) is 18.7 Å². The van der Waals surface area contributed by atoms with Crippen LogP contribution in [0.15, 0.2) is 24.3 Å². The third kappa shape index (κ3) is 3.54. The average Bonchev–Trinajstić information content (AvgIpc) is 2.29. The van der Waals surface area contributed by atoms with Crippen molar-refractivity contribution in [2.75, 3.05) is 6.54 Å². The van der Waals surface area contributed by atoms with Gasteiger partial charge in [-0.05, 0) is 18.6 Å². The van der Waals surface area contributed by atoms with Crippen LogP contribution >= 0.6 is 0 Å². The number of hydrogen-bond acceptors (Lipinski definition) is 2. The van der Waals surface area contributed by atoms with E-state index in [0.29, 0.717) is 17.7 Å². The van der Waals surface area contributed by atoms with Crippen molar-refractivity contribution in [3.63, 3.8) is 0 Å². The van der Waals surface area contributed by atoms with Crippen LogP contribution in [0.25, 0.3) is 0 Å². The largest absolute Gasteiger partial charge is 0.352 e. The summed E-state index contributed by atoms with van der Waals surface area (Å²) in [5, 5.41) is 2.81. The Kier molecular flexibility index (Phi) is 4.54. The van der Waals surface area contributed by atoms with Gasteiger partial charge in [-0.15, -0.1) is 0 Å². The molecule has 0 atom stereocenters. The van der Waals surface area contributed by atoms with Crippen LogP contribution < -0.4 is 5.32 Å². The van der Waals surface area contributed by atoms with E-state index in [1.807, 2.05) is 0 Å². The summed E-state index contributed by atoms with van der Waals surface area (Å²) in [4.78, 5) is 21.9. The minimum Gasteiger partial charge on any atom is -0.352 e. The second-order valence-electron chi connectivity index (χ2n) is 3.35. The lowest BCUT2D eigenvalue weighted by Crippen LogP contribution is -2.24. The van der Waals surface area contributed by atoms with Gasteiger partial charge < -0.3 is 5.32 Å². The van der Waals surface area contributed by atoms with E-state index < -0.39 is 0 Å². The third-order valence-corrected chi connectivity index (χ3v) is 2.12. The van der Waals surface area contributed by atoms with Crippen LogP contribution in [-0.2, 0) is 0 Å². The van der Waals surface area contributed by atoms with Crippen LogP contribution in [0.3, 0.4) is 0 Å². The van der Waals surface area contributed by atoms with Crippen LogP contribution in [0.2, 0.25) is 0 Å². The zero-order chi connectivity index (χ0) is 11.1. The number of rotatable bonds is 5. The van der Waals surface area contributed by atoms with Gasteiger partial charge in [0.15, 0.2) is 0 Å². The van der Waals surface area contributed by atoms with Crippen molar-refractivity contribution < 1.29 is 9.59 Å². The molecule has 0 heterocycles. The van der Waals surface area contributed by atoms with E-state index in [1.54, 1.807) is 24.3 Å². The Morgan fingerprint density at radius 3 is 2.53 bits per heavy atom. The first-order chi connectivity index (χ1) is 7.27. The molecular formula is C12H15NO2. The van der Waals surface area contributed by atoms with Gasteiger partial charge in [0.05, 0.1) is 0 Å². The number of carbonyl (C=O) groups is 2. The summed E-state index contributed by atoms with van der Waals surface area (Å²) in [5.74, 6) is -0.0825. The Labute approximate surface area is 89.5 Å². The van der Waals surface area contributed by atoms with Crippen molar-refractivity contribution in [1.29, 1.82) is 0 Å². The quantitative estimate of drug-likeness (QED) is 0.590. The molecule has 1 aromatic carbocycles. The van der Waals surface area contributed by atoms with Crippen molar-refractivity contribution in [3.05, 3.63) is 35.4 Å². The van der Waals surface area contributed by atoms with Gasteiger partial charge in [0.25, 0.3) is 5.91 Å². The minimum atomic E-state index is -0.0825. The number of amides is 1. The molecule has 0 aliphatic carbocycles. The van der Waals surface area contributed by atoms with E-state index in [-0.39, 0.29) is 5.91 Å². The molecule has 0 unspecified atom stereocenters. The van der Waals surface area contributed by atoms with Crippen LogP contribution in [0.5, 0.6) is 0 Å². The SMILES string of the molecule is CCCCNC(=O)c1ccc(C=O)cc1. The maximum Gasteiger partial charge on any atom is 0.251 e. The molecular weight excluding hydrogens is 190 g/mol. The molecule has 0 saturated carbocycles. The maximum absolute atomic E-state index is 11.5. The van der Waals surface area contributed by atoms with Gasteiger partial charge >= 0.3 is 0 Å². The highest BCUT2D eigenvalue weighted by Gasteiger charge is 2.03. The number of nitrogens with one attached hydrogen (secondary N) is 1. The Hall–Kier alpha value is -1.64. The number of carbonyl (C=O) groups excluding carboxylic acids is 2. The molecule has 80 valence electrons. The molecule has 0 bridgehead atoms. The van der Waals surface area contributed by atoms with E-state index >= 15 is 0 Å². The van der Waals surface area contributed by atoms with Crippen molar-refractivity contribution >= 4 is 12.2 Å². The van der Waals surface area contributed by atoms with Gasteiger partial charge in [0.1, 0.15) is 6.29 Å². The van der Waals surface area contributed by atoms with Gasteiger partial charge in [-0.3, -0.25) is 9.59 Å². The fraction of sp³-hybridized carbons (Fsp3) is 0.333. The average molecular weight is 205 g/mol. The smallest absolute Gasteiger partial charge is 0.251 e. The zero-order valence-electron chi connectivity index (χ0n) is 8.82. The maximum atomic E-state index is 11.5. The van der Waals surface area contributed by atoms with E-state index in [1.165, 1.54) is 0 Å². The number of aldehydes is 1. The lowest BCUT2D eigenvalue weighted by Gasteiger charge is -2.03. The van der Waals surface area contributed by atoms with Crippen molar-refractivity contribution in [3.8, 4) is 0 Å². The molecule has 0 aromatic heterocycles. The second kappa shape index (κ2) is 5.96. The molecule has 3 nitrogen and oxygen atoms in total. The minimum absolute atomic E-state index is 0.0825. The van der Waals surface area contributed by atoms with Gasteiger partial charge in [-0.25, -0.2) is 0 Å². The number of benzene rings is 1. The lowest BCUT2D eigenvalue weighted by atomic mass is 10.1. The molecule has 1 amide bonds. The van der Waals surface area contributed by atoms with Gasteiger partial charge in [0, 0.05) is 17.7 Å². The van der Waals surface area contributed by atoms with E-state index in [9.17, 15) is 9.59 Å². The van der Waals surface area contributed by atoms with Gasteiger partial charge in [-0.2, -0.15) is 0 Å². The Morgan fingerprint density at radius 2 is 2.00 bits per heavy atom. The highest BCUT2D eigenvalue weighted by molar-refractivity contribution is 5.94. The molecule has 15 heavy (non-hydrogen) atoms. The molecule has 0 saturated heterocycles. The summed E-state index contributed by atoms with van der Waals surface area (Å²) >= 11 is 0. The van der Waals surface area contributed by atoms with E-state index in [0.717, 1.165) is 19.1 Å². The zero-order valence-corrected chi connectivity index (χ0v) is 8.82. The predicted molar refractivity (Wildman–Crippen MR) is 59.1 cm³/mol. The molecule has 0 radical (unpaired) electrons. The molecule has 0 fully saturated rings. The molecule has 0 aliphatic rings. The summed E-state index contributed by atoms with van der Waals surface area (Å²) in [6, 6.07) is 6.60. The Bertz CT molecular complexity index is 330. The molecule has 1 aromatic rings. The third-order valence-electron chi connectivity index (χ3n) is 2.12. The van der Waals surface area contributed by atoms with E-state index in [4.69, 9.17) is 0 Å². The molecule has 0 spiro atoms. The normalized spacial score (nSPS) is 9.67. The Morgan fingerprint density at radius 1 is 1.33 bits per heavy atom. The summed E-state index contributed by atoms with van der Waals surface area (Å²) in [7, 11) is 0. The monoisotopic (exact) mass is 205 g/mol. The lowest BCUT2D eigenvalue weighted by molar-refractivity contribution is 0.0952. The van der Waals surface area contributed by atoms with Crippen molar-refractivity contribution in [2.24, 2.45) is 0 Å². The van der Waals surface area contributed by atoms with Gasteiger partial charge in [-0.1, -0.05) is 25.5 Å². The summed E-state index contributed by atoms with van der Waals surface area (Å²) in [6.07, 6.45) is 2.81. The number of hydrogen-bond donors (Lipinski definition) is 1. The molecule has 0 aliphatic heterocycles. The topological polar surface area (TPSA) is 46.2 Å². The number of unbranched alkanes of at least 4 members (excludes halogenated alkanes) is 1. The highest BCUT2D eigenvalue weighted by Crippen LogP contribution is 2.02. The molecule has 1 rings (SSSR count). The van der Waals surface area contributed by atoms with Crippen molar-refractivity contribution in [1.82, 2.24) is 5.32 Å². The first kappa shape index (κ1) is 11.4. The Balaban J connectivity index is 2.54. The highest BCUT2D eigenvalue weighted by atomic mass is 16.1. The summed E-state index contributed by atoms with van der Waals surface area (Å²) < 4.78 is 0. The molecule has 3 heteroatoms. The first-order valence-corrected chi connectivity index (χ1v) is 5.11. The molecule has 1 N–H and O–H groups in total. The second-order valence-corrected chi connectivity index (χ2v) is 3.35. The summed E-state index contributed by atoms with van der Waals surface area (Å²) in [6.45, 7) is 2.77. The van der Waals surface area contributed by atoms with Gasteiger partial charge in [0.2, 0.25) is 0 Å². The fourth-order valence-electron chi connectivity index (χ4n) is 1.19. The van der Waals surface area contributed by atoms with Crippen LogP contribution in [0.4, 0.5) is 0 Å². The standard InChI is InChI=1S/C12H15NO2/c1-2-3-8-13-12(15)11-6-4-10(9-14)5-7-11/h4-7,9H,2-3,8H2,1H3,(H,13,15). The predicted octanol–water partition coefficient (Wildman–Crippen LogP) is 2.03.